The molecule has 3 N–H and O–H groups in total. The largest absolute Gasteiger partial charge is 0.494 e. The summed E-state index contributed by atoms with van der Waals surface area (Å²) in [7, 11) is 0. The van der Waals surface area contributed by atoms with E-state index < -0.39 is 0 Å². The molecule has 2 aromatic rings. The Morgan fingerprint density at radius 2 is 2.14 bits per heavy atom. The lowest BCUT2D eigenvalue weighted by atomic mass is 10.1. The minimum Gasteiger partial charge on any atom is -0.494 e. The maximum atomic E-state index is 12.3. The van der Waals surface area contributed by atoms with Crippen LogP contribution in [0.1, 0.15) is 17.3 Å². The van der Waals surface area contributed by atoms with Gasteiger partial charge in [0.15, 0.2) is 0 Å². The van der Waals surface area contributed by atoms with Crippen LogP contribution in [0.3, 0.4) is 0 Å². The van der Waals surface area contributed by atoms with Gasteiger partial charge < -0.3 is 15.8 Å². The Morgan fingerprint density at radius 3 is 2.86 bits per heavy atom. The molecule has 0 spiro atoms. The smallest absolute Gasteiger partial charge is 0.255 e. The zero-order chi connectivity index (χ0) is 15.4. The van der Waals surface area contributed by atoms with Gasteiger partial charge in [0.05, 0.1) is 21.8 Å². The molecule has 110 valence electrons. The van der Waals surface area contributed by atoms with E-state index in [4.69, 9.17) is 22.1 Å². The van der Waals surface area contributed by atoms with Gasteiger partial charge in [-0.25, -0.2) is 0 Å². The quantitative estimate of drug-likeness (QED) is 0.788. The zero-order valence-electron chi connectivity index (χ0n) is 11.3. The van der Waals surface area contributed by atoms with Crippen LogP contribution in [0.5, 0.6) is 5.75 Å². The van der Waals surface area contributed by atoms with Crippen molar-refractivity contribution >= 4 is 44.8 Å². The van der Waals surface area contributed by atoms with Crippen molar-refractivity contribution < 1.29 is 9.53 Å². The van der Waals surface area contributed by atoms with Gasteiger partial charge in [-0.1, -0.05) is 17.7 Å². The maximum absolute atomic E-state index is 12.3. The molecule has 0 saturated carbocycles. The lowest BCUT2D eigenvalue weighted by Crippen LogP contribution is -2.13. The molecule has 0 aliphatic rings. The van der Waals surface area contributed by atoms with Crippen LogP contribution in [-0.2, 0) is 0 Å². The van der Waals surface area contributed by atoms with Crippen molar-refractivity contribution in [2.45, 2.75) is 6.92 Å². The molecule has 0 aliphatic carbocycles. The number of rotatable bonds is 4. The van der Waals surface area contributed by atoms with Gasteiger partial charge in [0.25, 0.3) is 5.91 Å². The Bertz CT molecular complexity index is 677. The van der Waals surface area contributed by atoms with Crippen molar-refractivity contribution in [3.63, 3.8) is 0 Å². The number of nitrogens with two attached hydrogens (primary N) is 1. The average Bonchev–Trinajstić information content (AvgIpc) is 2.43. The van der Waals surface area contributed by atoms with Crippen LogP contribution in [0.2, 0.25) is 5.02 Å². The highest BCUT2D eigenvalue weighted by atomic mass is 79.9. The third-order valence-electron chi connectivity index (χ3n) is 2.70. The number of hydrogen-bond donors (Lipinski definition) is 2. The number of nitrogens with one attached hydrogen (secondary N) is 1. The summed E-state index contributed by atoms with van der Waals surface area (Å²) in [5.41, 5.74) is 7.27. The topological polar surface area (TPSA) is 64.3 Å². The zero-order valence-corrected chi connectivity index (χ0v) is 13.7. The fraction of sp³-hybridized carbons (Fsp3) is 0.133. The van der Waals surface area contributed by atoms with Crippen LogP contribution >= 0.6 is 27.5 Å². The lowest BCUT2D eigenvalue weighted by molar-refractivity contribution is 0.102. The molecule has 2 aromatic carbocycles. The van der Waals surface area contributed by atoms with Crippen molar-refractivity contribution in [2.24, 2.45) is 0 Å². The second kappa shape index (κ2) is 6.83. The molecule has 0 bridgehead atoms. The third kappa shape index (κ3) is 3.89. The van der Waals surface area contributed by atoms with Gasteiger partial charge in [-0.3, -0.25) is 4.79 Å². The van der Waals surface area contributed by atoms with E-state index in [9.17, 15) is 4.79 Å². The molecule has 0 fully saturated rings. The summed E-state index contributed by atoms with van der Waals surface area (Å²) in [5, 5.41) is 3.31. The lowest BCUT2D eigenvalue weighted by Gasteiger charge is -2.10. The second-order valence-corrected chi connectivity index (χ2v) is 5.48. The number of hydrogen-bond acceptors (Lipinski definition) is 3. The predicted molar refractivity (Wildman–Crippen MR) is 89.1 cm³/mol. The molecule has 4 nitrogen and oxygen atoms in total. The molecule has 21 heavy (non-hydrogen) atoms. The van der Waals surface area contributed by atoms with E-state index in [1.807, 2.05) is 6.92 Å². The van der Waals surface area contributed by atoms with Gasteiger partial charge in [0, 0.05) is 17.3 Å². The summed E-state index contributed by atoms with van der Waals surface area (Å²) in [5.74, 6) is 0.277. The van der Waals surface area contributed by atoms with Gasteiger partial charge in [-0.05, 0) is 47.1 Å². The van der Waals surface area contributed by atoms with E-state index >= 15 is 0 Å². The number of nitrogen functional groups attached to an aromatic ring is 1. The molecule has 2 rings (SSSR count). The number of carbonyl (C=O) groups is 1. The minimum absolute atomic E-state index is 0.286. The molecule has 6 heteroatoms. The molecule has 0 heterocycles. The van der Waals surface area contributed by atoms with Crippen LogP contribution in [0.15, 0.2) is 40.9 Å². The van der Waals surface area contributed by atoms with Gasteiger partial charge >= 0.3 is 0 Å². The number of anilines is 2. The van der Waals surface area contributed by atoms with Crippen molar-refractivity contribution in [3.05, 3.63) is 51.5 Å². The van der Waals surface area contributed by atoms with Crippen LogP contribution in [0.25, 0.3) is 0 Å². The highest BCUT2D eigenvalue weighted by Crippen LogP contribution is 2.30. The SMILES string of the molecule is CCOc1cc(N)cc(C(=O)Nc2cccc(Cl)c2Br)c1. The Balaban J connectivity index is 2.26. The average molecular weight is 370 g/mol. The van der Waals surface area contributed by atoms with Gasteiger partial charge in [-0.2, -0.15) is 0 Å². The fourth-order valence-corrected chi connectivity index (χ4v) is 2.34. The molecule has 1 amide bonds. The van der Waals surface area contributed by atoms with Crippen LogP contribution < -0.4 is 15.8 Å². The van der Waals surface area contributed by atoms with Crippen molar-refractivity contribution in [3.8, 4) is 5.75 Å². The number of halogens is 2. The van der Waals surface area contributed by atoms with E-state index in [0.29, 0.717) is 38.8 Å². The summed E-state index contributed by atoms with van der Waals surface area (Å²) < 4.78 is 6.01. The number of carbonyl (C=O) groups excluding carboxylic acids is 1. The Labute approximate surface area is 136 Å². The highest BCUT2D eigenvalue weighted by molar-refractivity contribution is 9.10. The number of benzene rings is 2. The molecular formula is C15H14BrClN2O2. The highest BCUT2D eigenvalue weighted by Gasteiger charge is 2.12. The van der Waals surface area contributed by atoms with Crippen molar-refractivity contribution in [1.82, 2.24) is 0 Å². The van der Waals surface area contributed by atoms with E-state index in [2.05, 4.69) is 21.2 Å². The van der Waals surface area contributed by atoms with Gasteiger partial charge in [-0.15, -0.1) is 0 Å². The Kier molecular flexibility index (Phi) is 5.09. The van der Waals surface area contributed by atoms with Crippen LogP contribution in [0.4, 0.5) is 11.4 Å². The van der Waals surface area contributed by atoms with E-state index in [-0.39, 0.29) is 5.91 Å². The summed E-state index contributed by atoms with van der Waals surface area (Å²) in [6.07, 6.45) is 0. The number of ether oxygens (including phenoxy) is 1. The van der Waals surface area contributed by atoms with Gasteiger partial charge in [0.1, 0.15) is 5.75 Å². The first-order valence-corrected chi connectivity index (χ1v) is 7.47. The monoisotopic (exact) mass is 368 g/mol. The summed E-state index contributed by atoms with van der Waals surface area (Å²) >= 11 is 9.34. The first-order valence-electron chi connectivity index (χ1n) is 6.30. The first kappa shape index (κ1) is 15.7. The molecule has 0 aliphatic heterocycles. The third-order valence-corrected chi connectivity index (χ3v) is 4.10. The normalized spacial score (nSPS) is 10.2. The first-order chi connectivity index (χ1) is 10.0. The van der Waals surface area contributed by atoms with Crippen molar-refractivity contribution in [2.75, 3.05) is 17.7 Å². The summed E-state index contributed by atoms with van der Waals surface area (Å²) in [6.45, 7) is 2.37. The van der Waals surface area contributed by atoms with E-state index in [1.54, 1.807) is 36.4 Å². The van der Waals surface area contributed by atoms with E-state index in [1.165, 1.54) is 0 Å². The molecule has 0 saturated heterocycles. The second-order valence-electron chi connectivity index (χ2n) is 4.28. The summed E-state index contributed by atoms with van der Waals surface area (Å²) in [6, 6.07) is 10.2. The Hall–Kier alpha value is -1.72. The van der Waals surface area contributed by atoms with Crippen LogP contribution in [-0.4, -0.2) is 12.5 Å². The number of amides is 1. The fourth-order valence-electron chi connectivity index (χ4n) is 1.80. The molecule has 0 radical (unpaired) electrons. The standard InChI is InChI=1S/C15H14BrClN2O2/c1-2-21-11-7-9(6-10(18)8-11)15(20)19-13-5-3-4-12(17)14(13)16/h3-8H,2,18H2,1H3,(H,19,20). The van der Waals surface area contributed by atoms with Crippen molar-refractivity contribution in [1.29, 1.82) is 0 Å². The van der Waals surface area contributed by atoms with Crippen LogP contribution in [0, 0.1) is 0 Å². The molecular weight excluding hydrogens is 356 g/mol. The van der Waals surface area contributed by atoms with Gasteiger partial charge in [0.2, 0.25) is 0 Å². The maximum Gasteiger partial charge on any atom is 0.255 e. The molecule has 0 atom stereocenters. The minimum atomic E-state index is -0.286. The molecule has 0 aromatic heterocycles. The van der Waals surface area contributed by atoms with E-state index in [0.717, 1.165) is 0 Å². The predicted octanol–water partition coefficient (Wildman–Crippen LogP) is 4.34. The molecule has 0 unspecified atom stereocenters. The summed E-state index contributed by atoms with van der Waals surface area (Å²) in [4.78, 5) is 12.3. The Morgan fingerprint density at radius 1 is 1.38 bits per heavy atom.